The van der Waals surface area contributed by atoms with Gasteiger partial charge in [-0.15, -0.1) is 0 Å². The van der Waals surface area contributed by atoms with Gasteiger partial charge in [0.2, 0.25) is 13.1 Å². The first-order valence-corrected chi connectivity index (χ1v) is 1.49. The van der Waals surface area contributed by atoms with E-state index < -0.39 is 12.8 Å². The molecule has 40 valence electrons. The van der Waals surface area contributed by atoms with Crippen molar-refractivity contribution in [1.29, 1.82) is 0 Å². The number of rotatable bonds is 2. The van der Waals surface area contributed by atoms with Gasteiger partial charge in [0.1, 0.15) is 0 Å². The Kier molecular flexibility index (Phi) is 2.83. The second kappa shape index (κ2) is 3.27. The van der Waals surface area contributed by atoms with E-state index in [0.29, 0.717) is 0 Å². The Morgan fingerprint density at radius 2 is 2.43 bits per heavy atom. The SMILES string of the molecule is O=CC(=O)OCF. The summed E-state index contributed by atoms with van der Waals surface area (Å²) < 4.78 is 14.3. The van der Waals surface area contributed by atoms with Gasteiger partial charge in [-0.05, 0) is 0 Å². The van der Waals surface area contributed by atoms with Crippen LogP contribution in [0.15, 0.2) is 0 Å². The molecule has 0 bridgehead atoms. The van der Waals surface area contributed by atoms with Crippen molar-refractivity contribution >= 4 is 12.3 Å². The molecule has 0 aliphatic carbocycles. The normalized spacial score (nSPS) is 7.57. The van der Waals surface area contributed by atoms with E-state index in [1.807, 2.05) is 0 Å². The smallest absolute Gasteiger partial charge is 0.373 e. The maximum absolute atomic E-state index is 10.8. The predicted molar refractivity (Wildman–Crippen MR) is 18.1 cm³/mol. The van der Waals surface area contributed by atoms with Crippen LogP contribution in [0.4, 0.5) is 4.39 Å². The molecule has 0 radical (unpaired) electrons. The maximum Gasteiger partial charge on any atom is 0.373 e. The summed E-state index contributed by atoms with van der Waals surface area (Å²) in [6.07, 6.45) is -0.0976. The number of alkyl halides is 1. The zero-order chi connectivity index (χ0) is 5.70. The average Bonchev–Trinajstić information content (AvgIpc) is 1.68. The van der Waals surface area contributed by atoms with Crippen LogP contribution in [0.3, 0.4) is 0 Å². The van der Waals surface area contributed by atoms with Gasteiger partial charge < -0.3 is 4.74 Å². The Bertz CT molecular complexity index is 80.2. The van der Waals surface area contributed by atoms with E-state index in [2.05, 4.69) is 4.74 Å². The van der Waals surface area contributed by atoms with Crippen LogP contribution in [0.5, 0.6) is 0 Å². The van der Waals surface area contributed by atoms with Crippen LogP contribution < -0.4 is 0 Å². The molecule has 0 aromatic carbocycles. The van der Waals surface area contributed by atoms with E-state index in [-0.39, 0.29) is 6.29 Å². The quantitative estimate of drug-likeness (QED) is 0.274. The Balaban J connectivity index is 3.17. The molecule has 0 aromatic heterocycles. The lowest BCUT2D eigenvalue weighted by Gasteiger charge is -1.85. The first kappa shape index (κ1) is 6.07. The first-order chi connectivity index (χ1) is 3.31. The monoisotopic (exact) mass is 106 g/mol. The van der Waals surface area contributed by atoms with E-state index in [0.717, 1.165) is 0 Å². The average molecular weight is 106 g/mol. The minimum absolute atomic E-state index is 0.0976. The molecule has 0 spiro atoms. The lowest BCUT2D eigenvalue weighted by atomic mass is 10.8. The van der Waals surface area contributed by atoms with Crippen molar-refractivity contribution < 1.29 is 18.7 Å². The van der Waals surface area contributed by atoms with Crippen LogP contribution in [0.1, 0.15) is 0 Å². The zero-order valence-electron chi connectivity index (χ0n) is 3.39. The minimum atomic E-state index is -1.24. The van der Waals surface area contributed by atoms with E-state index in [1.54, 1.807) is 0 Å². The molecule has 0 fully saturated rings. The fraction of sp³-hybridized carbons (Fsp3) is 0.333. The van der Waals surface area contributed by atoms with E-state index in [1.165, 1.54) is 0 Å². The molecule has 7 heavy (non-hydrogen) atoms. The number of carbonyl (C=O) groups is 2. The van der Waals surface area contributed by atoms with Gasteiger partial charge in [0, 0.05) is 0 Å². The fourth-order valence-corrected chi connectivity index (χ4v) is 0.0878. The summed E-state index contributed by atoms with van der Waals surface area (Å²) in [6, 6.07) is 0. The highest BCUT2D eigenvalue weighted by Crippen LogP contribution is 1.71. The lowest BCUT2D eigenvalue weighted by Crippen LogP contribution is -2.02. The summed E-state index contributed by atoms with van der Waals surface area (Å²) in [7, 11) is 0. The van der Waals surface area contributed by atoms with Crippen LogP contribution in [0.25, 0.3) is 0 Å². The zero-order valence-corrected chi connectivity index (χ0v) is 3.39. The van der Waals surface area contributed by atoms with Crippen molar-refractivity contribution in [2.24, 2.45) is 0 Å². The van der Waals surface area contributed by atoms with E-state index >= 15 is 0 Å². The molecule has 0 rings (SSSR count). The summed E-state index contributed by atoms with van der Waals surface area (Å²) in [6.45, 7) is -1.24. The van der Waals surface area contributed by atoms with Crippen LogP contribution in [-0.2, 0) is 14.3 Å². The molecule has 0 saturated heterocycles. The molecular formula is C3H3FO3. The summed E-state index contributed by atoms with van der Waals surface area (Å²) in [4.78, 5) is 18.8. The van der Waals surface area contributed by atoms with Crippen molar-refractivity contribution in [3.05, 3.63) is 0 Å². The molecule has 0 saturated carbocycles. The maximum atomic E-state index is 10.8. The summed E-state index contributed by atoms with van der Waals surface area (Å²) in [5.41, 5.74) is 0. The second-order valence-electron chi connectivity index (χ2n) is 0.690. The fourth-order valence-electron chi connectivity index (χ4n) is 0.0878. The summed E-state index contributed by atoms with van der Waals surface area (Å²) >= 11 is 0. The van der Waals surface area contributed by atoms with Gasteiger partial charge in [0.25, 0.3) is 0 Å². The number of ether oxygens (including phenoxy) is 1. The van der Waals surface area contributed by atoms with Gasteiger partial charge in [-0.25, -0.2) is 9.18 Å². The number of halogens is 1. The van der Waals surface area contributed by atoms with Gasteiger partial charge in [0.05, 0.1) is 0 Å². The van der Waals surface area contributed by atoms with Crippen molar-refractivity contribution in [3.8, 4) is 0 Å². The number of esters is 1. The van der Waals surface area contributed by atoms with Crippen molar-refractivity contribution in [2.45, 2.75) is 0 Å². The van der Waals surface area contributed by atoms with Gasteiger partial charge in [0.15, 0.2) is 0 Å². The van der Waals surface area contributed by atoms with Crippen LogP contribution in [0.2, 0.25) is 0 Å². The van der Waals surface area contributed by atoms with Crippen LogP contribution >= 0.6 is 0 Å². The molecule has 0 N–H and O–H groups in total. The Morgan fingerprint density at radius 1 is 1.86 bits per heavy atom. The second-order valence-corrected chi connectivity index (χ2v) is 0.690. The Hall–Kier alpha value is -0.930. The standard InChI is InChI=1S/C3H3FO3/c4-2-7-3(6)1-5/h1H,2H2. The van der Waals surface area contributed by atoms with Crippen molar-refractivity contribution in [1.82, 2.24) is 0 Å². The van der Waals surface area contributed by atoms with E-state index in [4.69, 9.17) is 0 Å². The largest absolute Gasteiger partial charge is 0.428 e. The van der Waals surface area contributed by atoms with E-state index in [9.17, 15) is 14.0 Å². The third-order valence-electron chi connectivity index (χ3n) is 0.293. The Labute approximate surface area is 39.1 Å². The van der Waals surface area contributed by atoms with Gasteiger partial charge in [-0.2, -0.15) is 0 Å². The highest BCUT2D eigenvalue weighted by Gasteiger charge is 1.93. The van der Waals surface area contributed by atoms with Crippen LogP contribution in [0, 0.1) is 0 Å². The van der Waals surface area contributed by atoms with Gasteiger partial charge in [-0.1, -0.05) is 0 Å². The first-order valence-electron chi connectivity index (χ1n) is 1.49. The highest BCUT2D eigenvalue weighted by atomic mass is 19.1. The molecule has 0 aromatic rings. The third-order valence-corrected chi connectivity index (χ3v) is 0.293. The van der Waals surface area contributed by atoms with Gasteiger partial charge >= 0.3 is 5.97 Å². The highest BCUT2D eigenvalue weighted by molar-refractivity contribution is 6.20. The Morgan fingerprint density at radius 3 is 2.57 bits per heavy atom. The van der Waals surface area contributed by atoms with Crippen molar-refractivity contribution in [3.63, 3.8) is 0 Å². The van der Waals surface area contributed by atoms with Gasteiger partial charge in [-0.3, -0.25) is 4.79 Å². The number of aldehydes is 1. The summed E-state index contributed by atoms with van der Waals surface area (Å²) in [5.74, 6) is -1.18. The minimum Gasteiger partial charge on any atom is -0.428 e. The van der Waals surface area contributed by atoms with Crippen molar-refractivity contribution in [2.75, 3.05) is 6.86 Å². The molecule has 0 amide bonds. The molecule has 4 heteroatoms. The number of carbonyl (C=O) groups excluding carboxylic acids is 2. The molecule has 3 nitrogen and oxygen atoms in total. The molecule has 0 unspecified atom stereocenters. The lowest BCUT2D eigenvalue weighted by molar-refractivity contribution is -0.151. The summed E-state index contributed by atoms with van der Waals surface area (Å²) in [5, 5.41) is 0. The number of hydrogen-bond acceptors (Lipinski definition) is 3. The molecule has 0 heterocycles. The van der Waals surface area contributed by atoms with Crippen LogP contribution in [-0.4, -0.2) is 19.1 Å². The molecule has 0 aliphatic heterocycles. The third kappa shape index (κ3) is 2.88. The molecule has 0 aliphatic rings. The predicted octanol–water partition coefficient (Wildman–Crippen LogP) is -0.345. The molecular weight excluding hydrogens is 103 g/mol. The number of hydrogen-bond donors (Lipinski definition) is 0. The topological polar surface area (TPSA) is 43.4 Å². The molecule has 0 atom stereocenters.